The highest BCUT2D eigenvalue weighted by Crippen LogP contribution is 2.17. The van der Waals surface area contributed by atoms with Gasteiger partial charge in [0, 0.05) is 24.6 Å². The molecule has 0 radical (unpaired) electrons. The normalized spacial score (nSPS) is 18.1. The fourth-order valence-electron chi connectivity index (χ4n) is 2.30. The molecule has 3 N–H and O–H groups in total. The summed E-state index contributed by atoms with van der Waals surface area (Å²) in [6.45, 7) is 2.54. The number of nitrogens with one attached hydrogen (secondary N) is 3. The third-order valence-electron chi connectivity index (χ3n) is 3.83. The van der Waals surface area contributed by atoms with Crippen LogP contribution in [-0.4, -0.2) is 37.4 Å². The maximum atomic E-state index is 12.0. The second-order valence-electron chi connectivity index (χ2n) is 5.61. The molecule has 23 heavy (non-hydrogen) atoms. The number of carbonyl (C=O) groups excluding carboxylic acids is 3. The Kier molecular flexibility index (Phi) is 7.19. The van der Waals surface area contributed by atoms with E-state index in [1.165, 1.54) is 0 Å². The van der Waals surface area contributed by atoms with Crippen molar-refractivity contribution >= 4 is 30.1 Å². The van der Waals surface area contributed by atoms with Gasteiger partial charge in [-0.2, -0.15) is 0 Å². The van der Waals surface area contributed by atoms with E-state index in [0.717, 1.165) is 5.56 Å². The minimum atomic E-state index is -0.302. The maximum absolute atomic E-state index is 12.0. The Labute approximate surface area is 141 Å². The molecule has 6 nitrogen and oxygen atoms in total. The van der Waals surface area contributed by atoms with E-state index in [1.807, 2.05) is 26.1 Å². The zero-order valence-electron chi connectivity index (χ0n) is 13.2. The van der Waals surface area contributed by atoms with Crippen LogP contribution < -0.4 is 16.0 Å². The molecule has 1 fully saturated rings. The summed E-state index contributed by atoms with van der Waals surface area (Å²) in [6, 6.07) is 7.34. The van der Waals surface area contributed by atoms with Gasteiger partial charge in [0.05, 0.1) is 5.92 Å². The third kappa shape index (κ3) is 5.33. The van der Waals surface area contributed by atoms with E-state index in [4.69, 9.17) is 0 Å². The quantitative estimate of drug-likeness (QED) is 0.664. The molecule has 1 heterocycles. The predicted octanol–water partition coefficient (Wildman–Crippen LogP) is 0.651. The van der Waals surface area contributed by atoms with Gasteiger partial charge in [-0.3, -0.25) is 19.7 Å². The molecular formula is C16H22ClN3O3. The van der Waals surface area contributed by atoms with Gasteiger partial charge in [-0.15, -0.1) is 12.4 Å². The molecule has 0 saturated carbocycles. The molecule has 1 saturated heterocycles. The molecule has 126 valence electrons. The van der Waals surface area contributed by atoms with Crippen LogP contribution in [0.2, 0.25) is 0 Å². The number of halogens is 1. The van der Waals surface area contributed by atoms with Crippen molar-refractivity contribution in [3.05, 3.63) is 35.4 Å². The van der Waals surface area contributed by atoms with Crippen molar-refractivity contribution in [1.82, 2.24) is 16.0 Å². The zero-order chi connectivity index (χ0) is 16.1. The van der Waals surface area contributed by atoms with Crippen LogP contribution in [0.3, 0.4) is 0 Å². The van der Waals surface area contributed by atoms with Crippen LogP contribution in [0.5, 0.6) is 0 Å². The largest absolute Gasteiger partial charge is 0.350 e. The first-order valence-corrected chi connectivity index (χ1v) is 7.37. The lowest BCUT2D eigenvalue weighted by Gasteiger charge is -2.12. The highest BCUT2D eigenvalue weighted by atomic mass is 35.5. The molecule has 7 heteroatoms. The highest BCUT2D eigenvalue weighted by Gasteiger charge is 2.30. The first kappa shape index (κ1) is 19.1. The molecular weight excluding hydrogens is 318 g/mol. The van der Waals surface area contributed by atoms with E-state index in [2.05, 4.69) is 16.0 Å². The number of likely N-dealkylation sites (N-methyl/N-ethyl adjacent to an activating group) is 1. The number of hydrogen-bond donors (Lipinski definition) is 3. The number of imide groups is 1. The Balaban J connectivity index is 0.00000264. The topological polar surface area (TPSA) is 87.3 Å². The van der Waals surface area contributed by atoms with Crippen molar-refractivity contribution in [3.63, 3.8) is 0 Å². The SMILES string of the molecule is CNC(C)CNC(=O)c1ccc(CC2CC(=O)NC2=O)cc1.Cl. The zero-order valence-corrected chi connectivity index (χ0v) is 14.0. The molecule has 2 atom stereocenters. The molecule has 0 spiro atoms. The number of rotatable bonds is 6. The number of amides is 3. The van der Waals surface area contributed by atoms with Crippen LogP contribution in [-0.2, 0) is 16.0 Å². The number of hydrogen-bond acceptors (Lipinski definition) is 4. The van der Waals surface area contributed by atoms with Gasteiger partial charge in [0.15, 0.2) is 0 Å². The summed E-state index contributed by atoms with van der Waals surface area (Å²) in [5.74, 6) is -0.858. The molecule has 2 rings (SSSR count). The van der Waals surface area contributed by atoms with Gasteiger partial charge < -0.3 is 10.6 Å². The lowest BCUT2D eigenvalue weighted by atomic mass is 9.97. The Morgan fingerprint density at radius 2 is 1.96 bits per heavy atom. The summed E-state index contributed by atoms with van der Waals surface area (Å²) < 4.78 is 0. The predicted molar refractivity (Wildman–Crippen MR) is 89.5 cm³/mol. The highest BCUT2D eigenvalue weighted by molar-refractivity contribution is 6.03. The van der Waals surface area contributed by atoms with Crippen molar-refractivity contribution < 1.29 is 14.4 Å². The Morgan fingerprint density at radius 3 is 2.48 bits per heavy atom. The lowest BCUT2D eigenvalue weighted by molar-refractivity contribution is -0.125. The average Bonchev–Trinajstić information content (AvgIpc) is 2.82. The maximum Gasteiger partial charge on any atom is 0.251 e. The van der Waals surface area contributed by atoms with Crippen molar-refractivity contribution in [2.75, 3.05) is 13.6 Å². The average molecular weight is 340 g/mol. The van der Waals surface area contributed by atoms with Gasteiger partial charge in [-0.1, -0.05) is 12.1 Å². The lowest BCUT2D eigenvalue weighted by Crippen LogP contribution is -2.37. The summed E-state index contributed by atoms with van der Waals surface area (Å²) in [7, 11) is 1.84. The molecule has 3 amide bonds. The summed E-state index contributed by atoms with van der Waals surface area (Å²) in [6.07, 6.45) is 0.749. The van der Waals surface area contributed by atoms with Crippen LogP contribution in [0.1, 0.15) is 29.3 Å². The van der Waals surface area contributed by atoms with E-state index in [0.29, 0.717) is 18.5 Å². The molecule has 1 aliphatic heterocycles. The van der Waals surface area contributed by atoms with Crippen LogP contribution in [0.25, 0.3) is 0 Å². The summed E-state index contributed by atoms with van der Waals surface area (Å²) in [5, 5.41) is 8.20. The van der Waals surface area contributed by atoms with Gasteiger partial charge in [-0.05, 0) is 38.1 Å². The van der Waals surface area contributed by atoms with Crippen molar-refractivity contribution in [1.29, 1.82) is 0 Å². The van der Waals surface area contributed by atoms with E-state index >= 15 is 0 Å². The number of benzene rings is 1. The van der Waals surface area contributed by atoms with Crippen LogP contribution in [0, 0.1) is 5.92 Å². The van der Waals surface area contributed by atoms with Crippen LogP contribution >= 0.6 is 12.4 Å². The standard InChI is InChI=1S/C16H21N3O3.ClH/c1-10(17-2)9-18-15(21)12-5-3-11(4-6-12)7-13-8-14(20)19-16(13)22;/h3-6,10,13,17H,7-9H2,1-2H3,(H,18,21)(H,19,20,22);1H. The fourth-order valence-corrected chi connectivity index (χ4v) is 2.30. The Hall–Kier alpha value is -1.92. The fraction of sp³-hybridized carbons (Fsp3) is 0.438. The van der Waals surface area contributed by atoms with Crippen LogP contribution in [0.15, 0.2) is 24.3 Å². The van der Waals surface area contributed by atoms with Gasteiger partial charge in [0.25, 0.3) is 5.91 Å². The summed E-state index contributed by atoms with van der Waals surface area (Å²) >= 11 is 0. The third-order valence-corrected chi connectivity index (χ3v) is 3.83. The molecule has 0 aliphatic carbocycles. The Morgan fingerprint density at radius 1 is 1.30 bits per heavy atom. The van der Waals surface area contributed by atoms with Gasteiger partial charge in [0.2, 0.25) is 11.8 Å². The molecule has 0 bridgehead atoms. The molecule has 1 aliphatic rings. The molecule has 1 aromatic rings. The monoisotopic (exact) mass is 339 g/mol. The van der Waals surface area contributed by atoms with E-state index in [9.17, 15) is 14.4 Å². The molecule has 2 unspecified atom stereocenters. The number of carbonyl (C=O) groups is 3. The van der Waals surface area contributed by atoms with Crippen molar-refractivity contribution in [3.8, 4) is 0 Å². The summed E-state index contributed by atoms with van der Waals surface area (Å²) in [5.41, 5.74) is 1.52. The minimum Gasteiger partial charge on any atom is -0.350 e. The van der Waals surface area contributed by atoms with Gasteiger partial charge in [0.1, 0.15) is 0 Å². The Bertz CT molecular complexity index is 574. The first-order chi connectivity index (χ1) is 10.5. The van der Waals surface area contributed by atoms with E-state index in [-0.39, 0.29) is 48.5 Å². The van der Waals surface area contributed by atoms with Gasteiger partial charge >= 0.3 is 0 Å². The molecule has 0 aromatic heterocycles. The minimum absolute atomic E-state index is 0. The molecule has 1 aromatic carbocycles. The van der Waals surface area contributed by atoms with Crippen molar-refractivity contribution in [2.24, 2.45) is 5.92 Å². The van der Waals surface area contributed by atoms with Gasteiger partial charge in [-0.25, -0.2) is 0 Å². The summed E-state index contributed by atoms with van der Waals surface area (Å²) in [4.78, 5) is 34.7. The second-order valence-corrected chi connectivity index (χ2v) is 5.61. The first-order valence-electron chi connectivity index (χ1n) is 7.37. The van der Waals surface area contributed by atoms with Crippen molar-refractivity contribution in [2.45, 2.75) is 25.8 Å². The van der Waals surface area contributed by atoms with Crippen LogP contribution in [0.4, 0.5) is 0 Å². The second kappa shape index (κ2) is 8.64. The van der Waals surface area contributed by atoms with E-state index < -0.39 is 0 Å². The van der Waals surface area contributed by atoms with E-state index in [1.54, 1.807) is 12.1 Å². The smallest absolute Gasteiger partial charge is 0.251 e.